The van der Waals surface area contributed by atoms with Crippen LogP contribution in [0.2, 0.25) is 0 Å². The Hall–Kier alpha value is -3.60. The molecule has 4 rings (SSSR count). The molecular weight excluding hydrogens is 366 g/mol. The summed E-state index contributed by atoms with van der Waals surface area (Å²) >= 11 is 0. The number of fused-ring (bicyclic) bond motifs is 1. The fourth-order valence-electron chi connectivity index (χ4n) is 3.34. The summed E-state index contributed by atoms with van der Waals surface area (Å²) in [6, 6.07) is 21.5. The van der Waals surface area contributed by atoms with Crippen molar-refractivity contribution in [2.45, 2.75) is 19.3 Å². The molecule has 1 amide bonds. The van der Waals surface area contributed by atoms with E-state index in [1.807, 2.05) is 30.3 Å². The summed E-state index contributed by atoms with van der Waals surface area (Å²) in [7, 11) is 0. The van der Waals surface area contributed by atoms with Crippen LogP contribution in [-0.2, 0) is 17.6 Å². The first-order chi connectivity index (χ1) is 14.2. The predicted octanol–water partition coefficient (Wildman–Crippen LogP) is 4.41. The fraction of sp³-hybridized carbons (Fsp3) is 0.167. The molecule has 0 unspecified atom stereocenters. The third-order valence-corrected chi connectivity index (χ3v) is 4.81. The van der Waals surface area contributed by atoms with Crippen LogP contribution in [-0.4, -0.2) is 18.5 Å². The van der Waals surface area contributed by atoms with Crippen LogP contribution in [0.25, 0.3) is 0 Å². The Balaban J connectivity index is 1.28. The summed E-state index contributed by atoms with van der Waals surface area (Å²) in [6.07, 6.45) is 3.34. The van der Waals surface area contributed by atoms with Crippen molar-refractivity contribution in [2.75, 3.05) is 11.9 Å². The van der Waals surface area contributed by atoms with Gasteiger partial charge in [0.1, 0.15) is 11.5 Å². The SMILES string of the molecule is O=C(COc1ccc2c(c1)CCC2)Oc1ccc(NC(=O)c2ccccc2)cc1. The Morgan fingerprint density at radius 3 is 2.34 bits per heavy atom. The zero-order valence-electron chi connectivity index (χ0n) is 15.9. The van der Waals surface area contributed by atoms with E-state index in [0.29, 0.717) is 22.7 Å². The van der Waals surface area contributed by atoms with E-state index in [0.717, 1.165) is 12.8 Å². The van der Waals surface area contributed by atoms with Crippen molar-refractivity contribution in [3.05, 3.63) is 89.5 Å². The second-order valence-electron chi connectivity index (χ2n) is 6.89. The molecule has 5 heteroatoms. The lowest BCUT2D eigenvalue weighted by atomic mass is 10.1. The summed E-state index contributed by atoms with van der Waals surface area (Å²) in [4.78, 5) is 24.2. The minimum atomic E-state index is -0.480. The van der Waals surface area contributed by atoms with Gasteiger partial charge in [-0.3, -0.25) is 4.79 Å². The number of anilines is 1. The Bertz CT molecular complexity index is 1010. The van der Waals surface area contributed by atoms with Gasteiger partial charge in [-0.05, 0) is 78.9 Å². The van der Waals surface area contributed by atoms with Crippen LogP contribution in [0.4, 0.5) is 5.69 Å². The van der Waals surface area contributed by atoms with E-state index in [9.17, 15) is 9.59 Å². The Morgan fingerprint density at radius 1 is 0.828 bits per heavy atom. The van der Waals surface area contributed by atoms with Gasteiger partial charge in [-0.1, -0.05) is 24.3 Å². The lowest BCUT2D eigenvalue weighted by molar-refractivity contribution is -0.136. The largest absolute Gasteiger partial charge is 0.482 e. The molecule has 1 aliphatic carbocycles. The summed E-state index contributed by atoms with van der Waals surface area (Å²) < 4.78 is 10.9. The predicted molar refractivity (Wildman–Crippen MR) is 110 cm³/mol. The van der Waals surface area contributed by atoms with Crippen molar-refractivity contribution in [2.24, 2.45) is 0 Å². The van der Waals surface area contributed by atoms with Crippen molar-refractivity contribution in [3.63, 3.8) is 0 Å². The molecular formula is C24H21NO4. The third-order valence-electron chi connectivity index (χ3n) is 4.81. The molecule has 1 N–H and O–H groups in total. The van der Waals surface area contributed by atoms with Gasteiger partial charge in [0.05, 0.1) is 0 Å². The number of ether oxygens (including phenoxy) is 2. The van der Waals surface area contributed by atoms with E-state index >= 15 is 0 Å². The number of aryl methyl sites for hydroxylation is 2. The number of hydrogen-bond acceptors (Lipinski definition) is 4. The number of hydrogen-bond donors (Lipinski definition) is 1. The molecule has 3 aromatic carbocycles. The van der Waals surface area contributed by atoms with Gasteiger partial charge in [-0.15, -0.1) is 0 Å². The molecule has 29 heavy (non-hydrogen) atoms. The number of carbonyl (C=O) groups excluding carboxylic acids is 2. The zero-order chi connectivity index (χ0) is 20.1. The highest BCUT2D eigenvalue weighted by Crippen LogP contribution is 2.26. The van der Waals surface area contributed by atoms with Crippen LogP contribution in [0.1, 0.15) is 27.9 Å². The molecule has 0 atom stereocenters. The molecule has 5 nitrogen and oxygen atoms in total. The monoisotopic (exact) mass is 387 g/mol. The molecule has 0 fully saturated rings. The maximum absolute atomic E-state index is 12.2. The molecule has 0 radical (unpaired) electrons. The van der Waals surface area contributed by atoms with Crippen LogP contribution < -0.4 is 14.8 Å². The third kappa shape index (κ3) is 4.82. The maximum Gasteiger partial charge on any atom is 0.349 e. The average molecular weight is 387 g/mol. The van der Waals surface area contributed by atoms with Gasteiger partial charge in [-0.2, -0.15) is 0 Å². The second kappa shape index (κ2) is 8.61. The second-order valence-corrected chi connectivity index (χ2v) is 6.89. The van der Waals surface area contributed by atoms with Gasteiger partial charge in [0, 0.05) is 11.3 Å². The minimum Gasteiger partial charge on any atom is -0.482 e. The van der Waals surface area contributed by atoms with Crippen molar-refractivity contribution >= 4 is 17.6 Å². The van der Waals surface area contributed by atoms with E-state index in [1.54, 1.807) is 36.4 Å². The van der Waals surface area contributed by atoms with Crippen LogP contribution in [0.5, 0.6) is 11.5 Å². The first-order valence-electron chi connectivity index (χ1n) is 9.59. The lowest BCUT2D eigenvalue weighted by Gasteiger charge is -2.09. The number of esters is 1. The van der Waals surface area contributed by atoms with Crippen LogP contribution in [0.3, 0.4) is 0 Å². The van der Waals surface area contributed by atoms with E-state index in [4.69, 9.17) is 9.47 Å². The van der Waals surface area contributed by atoms with Crippen molar-refractivity contribution in [1.29, 1.82) is 0 Å². The van der Waals surface area contributed by atoms with Crippen molar-refractivity contribution < 1.29 is 19.1 Å². The van der Waals surface area contributed by atoms with Gasteiger partial charge >= 0.3 is 5.97 Å². The molecule has 0 saturated carbocycles. The molecule has 0 aliphatic heterocycles. The van der Waals surface area contributed by atoms with Crippen molar-refractivity contribution in [3.8, 4) is 11.5 Å². The summed E-state index contributed by atoms with van der Waals surface area (Å²) in [5.74, 6) is 0.400. The summed E-state index contributed by atoms with van der Waals surface area (Å²) in [6.45, 7) is -0.161. The zero-order valence-corrected chi connectivity index (χ0v) is 15.9. The van der Waals surface area contributed by atoms with E-state index in [2.05, 4.69) is 11.4 Å². The lowest BCUT2D eigenvalue weighted by Crippen LogP contribution is -2.17. The highest BCUT2D eigenvalue weighted by Gasteiger charge is 2.13. The molecule has 3 aromatic rings. The molecule has 146 valence electrons. The first kappa shape index (κ1) is 18.7. The number of carbonyl (C=O) groups is 2. The Kier molecular flexibility index (Phi) is 5.56. The topological polar surface area (TPSA) is 64.6 Å². The summed E-state index contributed by atoms with van der Waals surface area (Å²) in [5, 5.41) is 2.80. The average Bonchev–Trinajstić information content (AvgIpc) is 3.22. The molecule has 0 spiro atoms. The number of nitrogens with one attached hydrogen (secondary N) is 1. The number of amides is 1. The van der Waals surface area contributed by atoms with E-state index in [-0.39, 0.29) is 12.5 Å². The number of rotatable bonds is 6. The van der Waals surface area contributed by atoms with Gasteiger partial charge in [0.15, 0.2) is 6.61 Å². The quantitative estimate of drug-likeness (QED) is 0.503. The maximum atomic E-state index is 12.2. The van der Waals surface area contributed by atoms with Gasteiger partial charge < -0.3 is 14.8 Å². The van der Waals surface area contributed by atoms with Crippen LogP contribution in [0, 0.1) is 0 Å². The molecule has 0 saturated heterocycles. The van der Waals surface area contributed by atoms with E-state index in [1.165, 1.54) is 17.5 Å². The normalized spacial score (nSPS) is 12.1. The number of benzene rings is 3. The van der Waals surface area contributed by atoms with Crippen molar-refractivity contribution in [1.82, 2.24) is 0 Å². The molecule has 1 aliphatic rings. The highest BCUT2D eigenvalue weighted by atomic mass is 16.6. The van der Waals surface area contributed by atoms with Crippen LogP contribution in [0.15, 0.2) is 72.8 Å². The highest BCUT2D eigenvalue weighted by molar-refractivity contribution is 6.04. The molecule has 0 heterocycles. The van der Waals surface area contributed by atoms with Gasteiger partial charge in [0.25, 0.3) is 5.91 Å². The standard InChI is InChI=1S/C24H21NO4/c26-23(16-28-22-12-9-17-7-4-8-19(17)15-22)29-21-13-10-20(11-14-21)25-24(27)18-5-2-1-3-6-18/h1-3,5-6,9-15H,4,7-8,16H2,(H,25,27). The smallest absolute Gasteiger partial charge is 0.349 e. The first-order valence-corrected chi connectivity index (χ1v) is 9.59. The summed E-state index contributed by atoms with van der Waals surface area (Å²) in [5.41, 5.74) is 3.85. The Morgan fingerprint density at radius 2 is 1.55 bits per heavy atom. The Labute approximate surface area is 169 Å². The van der Waals surface area contributed by atoms with Gasteiger partial charge in [0.2, 0.25) is 0 Å². The minimum absolute atomic E-state index is 0.161. The van der Waals surface area contributed by atoms with Gasteiger partial charge in [-0.25, -0.2) is 4.79 Å². The molecule has 0 bridgehead atoms. The van der Waals surface area contributed by atoms with Crippen LogP contribution >= 0.6 is 0 Å². The fourth-order valence-corrected chi connectivity index (χ4v) is 3.34. The van der Waals surface area contributed by atoms with E-state index < -0.39 is 5.97 Å². The molecule has 0 aromatic heterocycles.